The van der Waals surface area contributed by atoms with Crippen molar-refractivity contribution in [3.05, 3.63) is 53.9 Å². The number of fused-ring (bicyclic) bond motifs is 1. The number of rotatable bonds is 4. The van der Waals surface area contributed by atoms with Crippen LogP contribution in [0.4, 0.5) is 5.82 Å². The number of hydrogen-bond acceptors (Lipinski definition) is 5. The Kier molecular flexibility index (Phi) is 3.41. The van der Waals surface area contributed by atoms with Crippen molar-refractivity contribution >= 4 is 17.4 Å². The Morgan fingerprint density at radius 3 is 2.58 bits per heavy atom. The van der Waals surface area contributed by atoms with Gasteiger partial charge >= 0.3 is 0 Å². The highest BCUT2D eigenvalue weighted by Crippen LogP contribution is 2.38. The molecule has 1 aromatic carbocycles. The van der Waals surface area contributed by atoms with Gasteiger partial charge in [0.05, 0.1) is 6.04 Å². The van der Waals surface area contributed by atoms with E-state index in [0.29, 0.717) is 5.92 Å². The van der Waals surface area contributed by atoms with Gasteiger partial charge < -0.3 is 9.80 Å². The zero-order valence-corrected chi connectivity index (χ0v) is 14.6. The number of hydrogen-bond donors (Lipinski definition) is 0. The minimum Gasteiger partial charge on any atom is -0.351 e. The molecule has 5 rings (SSSR count). The Bertz CT molecular complexity index is 959. The maximum absolute atomic E-state index is 12.6. The standard InChI is InChI=1S/C19H20N6O/c1-23(19(26)14-5-3-2-4-6-14)15-11-24(12-15)17-10-9-16-20-21-18(13-7-8-13)25(16)22-17/h2-6,9-10,13,15H,7-8,11-12H2,1H3. The molecule has 0 spiro atoms. The summed E-state index contributed by atoms with van der Waals surface area (Å²) < 4.78 is 1.87. The van der Waals surface area contributed by atoms with Crippen LogP contribution in [0.15, 0.2) is 42.5 Å². The highest BCUT2D eigenvalue weighted by molar-refractivity contribution is 5.94. The molecule has 3 aromatic rings. The average molecular weight is 348 g/mol. The Hall–Kier alpha value is -2.96. The van der Waals surface area contributed by atoms with Gasteiger partial charge in [0.25, 0.3) is 5.91 Å². The third-order valence-corrected chi connectivity index (χ3v) is 5.29. The van der Waals surface area contributed by atoms with Gasteiger partial charge in [-0.3, -0.25) is 4.79 Å². The van der Waals surface area contributed by atoms with Gasteiger partial charge in [-0.1, -0.05) is 18.2 Å². The van der Waals surface area contributed by atoms with Crippen molar-refractivity contribution in [2.75, 3.05) is 25.0 Å². The molecule has 1 amide bonds. The first kappa shape index (κ1) is 15.3. The molecule has 26 heavy (non-hydrogen) atoms. The van der Waals surface area contributed by atoms with Crippen LogP contribution in [0.1, 0.15) is 34.9 Å². The molecule has 1 aliphatic heterocycles. The molecule has 7 heteroatoms. The van der Waals surface area contributed by atoms with Gasteiger partial charge in [0.2, 0.25) is 0 Å². The molecule has 0 radical (unpaired) electrons. The summed E-state index contributed by atoms with van der Waals surface area (Å²) in [5.41, 5.74) is 1.52. The minimum atomic E-state index is 0.0634. The molecule has 2 aromatic heterocycles. The minimum absolute atomic E-state index is 0.0634. The molecule has 2 fully saturated rings. The van der Waals surface area contributed by atoms with E-state index in [1.165, 1.54) is 12.8 Å². The lowest BCUT2D eigenvalue weighted by atomic mass is 10.1. The van der Waals surface area contributed by atoms with Crippen LogP contribution in [0.2, 0.25) is 0 Å². The number of likely N-dealkylation sites (N-methyl/N-ethyl adjacent to an activating group) is 1. The summed E-state index contributed by atoms with van der Waals surface area (Å²) in [5.74, 6) is 2.45. The summed E-state index contributed by atoms with van der Waals surface area (Å²) in [6.07, 6.45) is 2.34. The smallest absolute Gasteiger partial charge is 0.253 e. The zero-order chi connectivity index (χ0) is 17.7. The van der Waals surface area contributed by atoms with Crippen molar-refractivity contribution in [3.8, 4) is 0 Å². The van der Waals surface area contributed by atoms with Crippen LogP contribution in [0.3, 0.4) is 0 Å². The fraction of sp³-hybridized carbons (Fsp3) is 0.368. The van der Waals surface area contributed by atoms with E-state index in [4.69, 9.17) is 5.10 Å². The van der Waals surface area contributed by atoms with Gasteiger partial charge in [-0.15, -0.1) is 15.3 Å². The second-order valence-corrected chi connectivity index (χ2v) is 7.13. The van der Waals surface area contributed by atoms with Crippen LogP contribution in [0.25, 0.3) is 5.65 Å². The van der Waals surface area contributed by atoms with E-state index < -0.39 is 0 Å². The molecule has 2 aliphatic rings. The van der Waals surface area contributed by atoms with E-state index >= 15 is 0 Å². The summed E-state index contributed by atoms with van der Waals surface area (Å²) >= 11 is 0. The number of amides is 1. The number of nitrogens with zero attached hydrogens (tertiary/aromatic N) is 6. The molecule has 0 atom stereocenters. The lowest BCUT2D eigenvalue weighted by Crippen LogP contribution is -2.60. The molecular weight excluding hydrogens is 328 g/mol. The summed E-state index contributed by atoms with van der Waals surface area (Å²) in [6, 6.07) is 13.6. The van der Waals surface area contributed by atoms with Crippen LogP contribution >= 0.6 is 0 Å². The Morgan fingerprint density at radius 2 is 1.85 bits per heavy atom. The fourth-order valence-corrected chi connectivity index (χ4v) is 3.40. The Balaban J connectivity index is 1.30. The quantitative estimate of drug-likeness (QED) is 0.721. The van der Waals surface area contributed by atoms with E-state index in [2.05, 4.69) is 15.1 Å². The number of anilines is 1. The van der Waals surface area contributed by atoms with Crippen LogP contribution < -0.4 is 4.90 Å². The highest BCUT2D eigenvalue weighted by atomic mass is 16.2. The molecular formula is C19H20N6O. The molecule has 132 valence electrons. The van der Waals surface area contributed by atoms with Crippen molar-refractivity contribution in [2.45, 2.75) is 24.8 Å². The molecule has 0 bridgehead atoms. The lowest BCUT2D eigenvalue weighted by molar-refractivity contribution is 0.0705. The van der Waals surface area contributed by atoms with Crippen molar-refractivity contribution in [3.63, 3.8) is 0 Å². The normalized spacial score (nSPS) is 17.3. The molecule has 1 saturated carbocycles. The molecule has 7 nitrogen and oxygen atoms in total. The first-order chi connectivity index (χ1) is 12.7. The SMILES string of the molecule is CN(C(=O)c1ccccc1)C1CN(c2ccc3nnc(C4CC4)n3n2)C1. The molecule has 1 aliphatic carbocycles. The first-order valence-electron chi connectivity index (χ1n) is 9.00. The van der Waals surface area contributed by atoms with Gasteiger partial charge in [-0.2, -0.15) is 4.52 Å². The molecule has 1 saturated heterocycles. The van der Waals surface area contributed by atoms with Gasteiger partial charge in [0.15, 0.2) is 11.5 Å². The first-order valence-corrected chi connectivity index (χ1v) is 9.00. The van der Waals surface area contributed by atoms with Crippen molar-refractivity contribution in [1.29, 1.82) is 0 Å². The average Bonchev–Trinajstić information content (AvgIpc) is 3.40. The van der Waals surface area contributed by atoms with E-state index in [9.17, 15) is 4.79 Å². The second-order valence-electron chi connectivity index (χ2n) is 7.13. The van der Waals surface area contributed by atoms with Gasteiger partial charge in [0.1, 0.15) is 5.82 Å². The Morgan fingerprint density at radius 1 is 1.08 bits per heavy atom. The Labute approximate surface area is 151 Å². The van der Waals surface area contributed by atoms with Crippen LogP contribution in [0, 0.1) is 0 Å². The topological polar surface area (TPSA) is 66.6 Å². The van der Waals surface area contributed by atoms with Crippen molar-refractivity contribution in [1.82, 2.24) is 24.7 Å². The van der Waals surface area contributed by atoms with Crippen LogP contribution in [0.5, 0.6) is 0 Å². The van der Waals surface area contributed by atoms with E-state index in [0.717, 1.165) is 35.9 Å². The predicted molar refractivity (Wildman–Crippen MR) is 97.3 cm³/mol. The summed E-state index contributed by atoms with van der Waals surface area (Å²) in [4.78, 5) is 16.6. The largest absolute Gasteiger partial charge is 0.351 e. The van der Waals surface area contributed by atoms with Crippen molar-refractivity contribution in [2.24, 2.45) is 0 Å². The van der Waals surface area contributed by atoms with Gasteiger partial charge in [-0.25, -0.2) is 0 Å². The maximum atomic E-state index is 12.6. The van der Waals surface area contributed by atoms with Crippen molar-refractivity contribution < 1.29 is 4.79 Å². The highest BCUT2D eigenvalue weighted by Gasteiger charge is 2.34. The molecule has 3 heterocycles. The van der Waals surface area contributed by atoms with Gasteiger partial charge in [-0.05, 0) is 37.1 Å². The predicted octanol–water partition coefficient (Wildman–Crippen LogP) is 1.96. The maximum Gasteiger partial charge on any atom is 0.253 e. The van der Waals surface area contributed by atoms with Crippen LogP contribution in [-0.4, -0.2) is 56.8 Å². The third kappa shape index (κ3) is 2.51. The monoisotopic (exact) mass is 348 g/mol. The number of benzene rings is 1. The fourth-order valence-electron chi connectivity index (χ4n) is 3.40. The summed E-state index contributed by atoms with van der Waals surface area (Å²) in [6.45, 7) is 1.57. The second kappa shape index (κ2) is 5.79. The van der Waals surface area contributed by atoms with E-state index in [-0.39, 0.29) is 11.9 Å². The molecule has 0 unspecified atom stereocenters. The van der Waals surface area contributed by atoms with E-state index in [1.807, 2.05) is 58.9 Å². The lowest BCUT2D eigenvalue weighted by Gasteiger charge is -2.44. The third-order valence-electron chi connectivity index (χ3n) is 5.29. The number of carbonyl (C=O) groups excluding carboxylic acids is 1. The number of aromatic nitrogens is 4. The van der Waals surface area contributed by atoms with Crippen LogP contribution in [-0.2, 0) is 0 Å². The number of carbonyl (C=O) groups is 1. The van der Waals surface area contributed by atoms with E-state index in [1.54, 1.807) is 0 Å². The summed E-state index contributed by atoms with van der Waals surface area (Å²) in [7, 11) is 1.87. The molecule has 0 N–H and O–H groups in total. The van der Waals surface area contributed by atoms with Gasteiger partial charge in [0, 0.05) is 31.6 Å². The summed E-state index contributed by atoms with van der Waals surface area (Å²) in [5, 5.41) is 13.2. The zero-order valence-electron chi connectivity index (χ0n) is 14.6.